The van der Waals surface area contributed by atoms with Crippen molar-refractivity contribution in [3.05, 3.63) is 35.4 Å². The molecular weight excluding hydrogens is 306 g/mol. The lowest BCUT2D eigenvalue weighted by Crippen LogP contribution is -2.41. The zero-order valence-corrected chi connectivity index (χ0v) is 14.5. The van der Waals surface area contributed by atoms with Crippen LogP contribution in [0.1, 0.15) is 36.8 Å². The summed E-state index contributed by atoms with van der Waals surface area (Å²) in [5, 5.41) is 6.26. The maximum atomic E-state index is 12.1. The van der Waals surface area contributed by atoms with Gasteiger partial charge in [-0.1, -0.05) is 37.1 Å². The van der Waals surface area contributed by atoms with Crippen LogP contribution in [0.5, 0.6) is 0 Å². The quantitative estimate of drug-likeness (QED) is 0.868. The number of thioether (sulfide) groups is 1. The van der Waals surface area contributed by atoms with E-state index in [1.165, 1.54) is 49.9 Å². The second-order valence-corrected chi connectivity index (χ2v) is 7.53. The van der Waals surface area contributed by atoms with E-state index < -0.39 is 0 Å². The van der Waals surface area contributed by atoms with Crippen molar-refractivity contribution in [2.24, 2.45) is 0 Å². The smallest absolute Gasteiger partial charge is 0.238 e. The van der Waals surface area contributed by atoms with Crippen LogP contribution in [0, 0.1) is 0 Å². The standard InChI is InChI=1S/C18H27N3OS/c22-18(17-13-23-14-20-17)19-11-15-6-5-7-16(10-15)12-21-8-3-1-2-4-9-21/h5-7,10,17,20H,1-4,8-9,11-14H2,(H,19,22). The minimum Gasteiger partial charge on any atom is -0.351 e. The number of hydrogen-bond donors (Lipinski definition) is 2. The maximum absolute atomic E-state index is 12.1. The monoisotopic (exact) mass is 333 g/mol. The molecule has 2 aliphatic rings. The first-order valence-electron chi connectivity index (χ1n) is 8.70. The second kappa shape index (κ2) is 8.71. The van der Waals surface area contributed by atoms with Crippen LogP contribution in [0.15, 0.2) is 24.3 Å². The summed E-state index contributed by atoms with van der Waals surface area (Å²) in [6.45, 7) is 4.08. The van der Waals surface area contributed by atoms with Crippen molar-refractivity contribution in [3.63, 3.8) is 0 Å². The van der Waals surface area contributed by atoms with Crippen LogP contribution in [-0.2, 0) is 17.9 Å². The Morgan fingerprint density at radius 1 is 1.22 bits per heavy atom. The van der Waals surface area contributed by atoms with Crippen LogP contribution in [0.4, 0.5) is 0 Å². The third-order valence-electron chi connectivity index (χ3n) is 4.60. The van der Waals surface area contributed by atoms with Gasteiger partial charge in [0, 0.05) is 24.7 Å². The molecule has 3 rings (SSSR count). The molecule has 1 amide bonds. The van der Waals surface area contributed by atoms with Gasteiger partial charge in [0.15, 0.2) is 0 Å². The highest BCUT2D eigenvalue weighted by Crippen LogP contribution is 2.14. The van der Waals surface area contributed by atoms with Gasteiger partial charge in [-0.3, -0.25) is 15.0 Å². The number of nitrogens with one attached hydrogen (secondary N) is 2. The molecule has 0 radical (unpaired) electrons. The molecule has 2 aliphatic heterocycles. The van der Waals surface area contributed by atoms with E-state index >= 15 is 0 Å². The lowest BCUT2D eigenvalue weighted by molar-refractivity contribution is -0.122. The Bertz CT molecular complexity index is 509. The third-order valence-corrected chi connectivity index (χ3v) is 5.54. The lowest BCUT2D eigenvalue weighted by Gasteiger charge is -2.20. The molecular formula is C18H27N3OS. The van der Waals surface area contributed by atoms with Gasteiger partial charge in [-0.15, -0.1) is 11.8 Å². The van der Waals surface area contributed by atoms with E-state index in [1.807, 2.05) is 0 Å². The van der Waals surface area contributed by atoms with Gasteiger partial charge in [-0.25, -0.2) is 0 Å². The summed E-state index contributed by atoms with van der Waals surface area (Å²) in [6.07, 6.45) is 5.39. The fourth-order valence-corrected chi connectivity index (χ4v) is 4.21. The number of rotatable bonds is 5. The number of carbonyl (C=O) groups excluding carboxylic acids is 1. The highest BCUT2D eigenvalue weighted by molar-refractivity contribution is 7.99. The predicted molar refractivity (Wildman–Crippen MR) is 96.3 cm³/mol. The molecule has 0 bridgehead atoms. The van der Waals surface area contributed by atoms with Crippen molar-refractivity contribution < 1.29 is 4.79 Å². The van der Waals surface area contributed by atoms with E-state index in [2.05, 4.69) is 39.8 Å². The molecule has 0 spiro atoms. The van der Waals surface area contributed by atoms with E-state index in [0.29, 0.717) is 6.54 Å². The Balaban J connectivity index is 1.51. The lowest BCUT2D eigenvalue weighted by atomic mass is 10.1. The molecule has 0 aromatic heterocycles. The van der Waals surface area contributed by atoms with Crippen LogP contribution in [-0.4, -0.2) is 41.6 Å². The molecule has 2 N–H and O–H groups in total. The highest BCUT2D eigenvalue weighted by Gasteiger charge is 2.21. The van der Waals surface area contributed by atoms with E-state index in [9.17, 15) is 4.79 Å². The maximum Gasteiger partial charge on any atom is 0.238 e. The third kappa shape index (κ3) is 5.23. The van der Waals surface area contributed by atoms with Crippen molar-refractivity contribution in [2.45, 2.75) is 44.8 Å². The van der Waals surface area contributed by atoms with Crippen molar-refractivity contribution >= 4 is 17.7 Å². The van der Waals surface area contributed by atoms with Gasteiger partial charge >= 0.3 is 0 Å². The van der Waals surface area contributed by atoms with Crippen LogP contribution in [0.2, 0.25) is 0 Å². The summed E-state index contributed by atoms with van der Waals surface area (Å²) in [5.41, 5.74) is 2.55. The van der Waals surface area contributed by atoms with Gasteiger partial charge in [0.2, 0.25) is 5.91 Å². The number of carbonyl (C=O) groups is 1. The average Bonchev–Trinajstić information content (AvgIpc) is 2.99. The van der Waals surface area contributed by atoms with E-state index in [-0.39, 0.29) is 11.9 Å². The van der Waals surface area contributed by atoms with Gasteiger partial charge in [0.1, 0.15) is 0 Å². The molecule has 1 aromatic rings. The highest BCUT2D eigenvalue weighted by atomic mass is 32.2. The zero-order chi connectivity index (χ0) is 15.9. The van der Waals surface area contributed by atoms with Gasteiger partial charge in [0.05, 0.1) is 6.04 Å². The summed E-state index contributed by atoms with van der Waals surface area (Å²) < 4.78 is 0. The molecule has 0 aliphatic carbocycles. The largest absolute Gasteiger partial charge is 0.351 e. The summed E-state index contributed by atoms with van der Waals surface area (Å²) in [5.74, 6) is 1.87. The van der Waals surface area contributed by atoms with Crippen molar-refractivity contribution in [3.8, 4) is 0 Å². The number of hydrogen-bond acceptors (Lipinski definition) is 4. The second-order valence-electron chi connectivity index (χ2n) is 6.50. The van der Waals surface area contributed by atoms with Gasteiger partial charge < -0.3 is 5.32 Å². The van der Waals surface area contributed by atoms with Crippen molar-refractivity contribution in [1.82, 2.24) is 15.5 Å². The molecule has 2 fully saturated rings. The normalized spacial score (nSPS) is 22.7. The summed E-state index contributed by atoms with van der Waals surface area (Å²) >= 11 is 1.78. The number of benzene rings is 1. The Labute approximate surface area is 143 Å². The van der Waals surface area contributed by atoms with Crippen LogP contribution in [0.3, 0.4) is 0 Å². The Hall–Kier alpha value is -1.04. The van der Waals surface area contributed by atoms with Crippen LogP contribution in [0.25, 0.3) is 0 Å². The fraction of sp³-hybridized carbons (Fsp3) is 0.611. The summed E-state index contributed by atoms with van der Waals surface area (Å²) in [4.78, 5) is 14.6. The molecule has 2 saturated heterocycles. The molecule has 0 saturated carbocycles. The summed E-state index contributed by atoms with van der Waals surface area (Å²) in [6, 6.07) is 8.62. The summed E-state index contributed by atoms with van der Waals surface area (Å²) in [7, 11) is 0. The first-order valence-corrected chi connectivity index (χ1v) is 9.86. The first kappa shape index (κ1) is 16.8. The van der Waals surface area contributed by atoms with Gasteiger partial charge in [-0.05, 0) is 37.1 Å². The molecule has 23 heavy (non-hydrogen) atoms. The molecule has 1 unspecified atom stereocenters. The first-order chi connectivity index (χ1) is 11.3. The van der Waals surface area contributed by atoms with Crippen molar-refractivity contribution in [1.29, 1.82) is 0 Å². The Kier molecular flexibility index (Phi) is 6.37. The van der Waals surface area contributed by atoms with Gasteiger partial charge in [-0.2, -0.15) is 0 Å². The number of amides is 1. The van der Waals surface area contributed by atoms with Crippen LogP contribution < -0.4 is 10.6 Å². The number of likely N-dealkylation sites (tertiary alicyclic amines) is 1. The van der Waals surface area contributed by atoms with E-state index in [4.69, 9.17) is 0 Å². The topological polar surface area (TPSA) is 44.4 Å². The Morgan fingerprint density at radius 3 is 2.74 bits per heavy atom. The van der Waals surface area contributed by atoms with Gasteiger partial charge in [0.25, 0.3) is 0 Å². The van der Waals surface area contributed by atoms with Crippen LogP contribution >= 0.6 is 11.8 Å². The zero-order valence-electron chi connectivity index (χ0n) is 13.7. The predicted octanol–water partition coefficient (Wildman–Crippen LogP) is 2.34. The molecule has 126 valence electrons. The average molecular weight is 334 g/mol. The SMILES string of the molecule is O=C(NCc1cccc(CN2CCCCCC2)c1)C1CSCN1. The fourth-order valence-electron chi connectivity index (χ4n) is 3.27. The molecule has 5 heteroatoms. The minimum atomic E-state index is -0.0275. The molecule has 1 aromatic carbocycles. The van der Waals surface area contributed by atoms with Crippen molar-refractivity contribution in [2.75, 3.05) is 24.7 Å². The number of nitrogens with zero attached hydrogens (tertiary/aromatic N) is 1. The van der Waals surface area contributed by atoms with E-state index in [1.54, 1.807) is 11.8 Å². The van der Waals surface area contributed by atoms with E-state index in [0.717, 1.165) is 18.2 Å². The molecule has 1 atom stereocenters. The molecule has 2 heterocycles. The Morgan fingerprint density at radius 2 is 2.00 bits per heavy atom. The minimum absolute atomic E-state index is 0.0275. The molecule has 4 nitrogen and oxygen atoms in total.